The lowest BCUT2D eigenvalue weighted by Gasteiger charge is -2.35. The van der Waals surface area contributed by atoms with Gasteiger partial charge >= 0.3 is 6.09 Å². The molecule has 10 heteroatoms. The molecule has 1 aliphatic rings. The number of carboxylic acid groups (broad SMARTS) is 1. The van der Waals surface area contributed by atoms with Crippen molar-refractivity contribution in [2.24, 2.45) is 5.73 Å². The first-order valence-electron chi connectivity index (χ1n) is 10.2. The van der Waals surface area contributed by atoms with Crippen molar-refractivity contribution in [1.29, 1.82) is 5.26 Å². The number of primary amides is 1. The van der Waals surface area contributed by atoms with Gasteiger partial charge in [-0.15, -0.1) is 0 Å². The Labute approximate surface area is 189 Å². The summed E-state index contributed by atoms with van der Waals surface area (Å²) in [7, 11) is 0. The van der Waals surface area contributed by atoms with Crippen LogP contribution in [0.4, 0.5) is 9.18 Å². The summed E-state index contributed by atoms with van der Waals surface area (Å²) in [6, 6.07) is 13.0. The van der Waals surface area contributed by atoms with Gasteiger partial charge in [-0.2, -0.15) is 5.26 Å². The van der Waals surface area contributed by atoms with E-state index in [1.54, 1.807) is 30.3 Å². The quantitative estimate of drug-likeness (QED) is 0.502. The van der Waals surface area contributed by atoms with Crippen LogP contribution in [0, 0.1) is 17.1 Å². The number of halogens is 1. The SMILES string of the molecule is N#CC(CNC(=O)C1(NC(=O)O)CCOCC1)c1ccc(-c2ccc(C(N)=O)c(F)c2)cc1. The van der Waals surface area contributed by atoms with Crippen LogP contribution in [-0.4, -0.2) is 48.3 Å². The second kappa shape index (κ2) is 10.1. The lowest BCUT2D eigenvalue weighted by Crippen LogP contribution is -2.61. The largest absolute Gasteiger partial charge is 0.465 e. The van der Waals surface area contributed by atoms with Crippen molar-refractivity contribution in [2.45, 2.75) is 24.3 Å². The molecule has 0 radical (unpaired) electrons. The third-order valence-corrected chi connectivity index (χ3v) is 5.63. The van der Waals surface area contributed by atoms with E-state index in [1.165, 1.54) is 12.1 Å². The van der Waals surface area contributed by atoms with Crippen molar-refractivity contribution in [1.82, 2.24) is 10.6 Å². The van der Waals surface area contributed by atoms with Gasteiger partial charge in [-0.05, 0) is 28.8 Å². The maximum atomic E-state index is 14.1. The van der Waals surface area contributed by atoms with E-state index in [1.807, 2.05) is 0 Å². The van der Waals surface area contributed by atoms with E-state index in [-0.39, 0.29) is 38.2 Å². The lowest BCUT2D eigenvalue weighted by atomic mass is 9.88. The molecule has 1 saturated heterocycles. The number of benzene rings is 2. The van der Waals surface area contributed by atoms with Crippen molar-refractivity contribution in [3.63, 3.8) is 0 Å². The van der Waals surface area contributed by atoms with Crippen LogP contribution in [0.25, 0.3) is 11.1 Å². The Bertz CT molecular complexity index is 1090. The van der Waals surface area contributed by atoms with Crippen LogP contribution in [0.3, 0.4) is 0 Å². The molecule has 2 aromatic rings. The smallest absolute Gasteiger partial charge is 0.405 e. The maximum Gasteiger partial charge on any atom is 0.405 e. The molecule has 1 aliphatic heterocycles. The van der Waals surface area contributed by atoms with E-state index in [0.29, 0.717) is 16.7 Å². The minimum Gasteiger partial charge on any atom is -0.465 e. The first kappa shape index (κ1) is 23.7. The molecule has 0 spiro atoms. The third-order valence-electron chi connectivity index (χ3n) is 5.63. The Morgan fingerprint density at radius 3 is 2.33 bits per heavy atom. The predicted octanol–water partition coefficient (Wildman–Crippen LogP) is 2.13. The van der Waals surface area contributed by atoms with Gasteiger partial charge in [0.1, 0.15) is 11.4 Å². The fourth-order valence-corrected chi connectivity index (χ4v) is 3.74. The summed E-state index contributed by atoms with van der Waals surface area (Å²) < 4.78 is 19.3. The molecule has 0 bridgehead atoms. The van der Waals surface area contributed by atoms with Gasteiger partial charge in [0, 0.05) is 32.6 Å². The van der Waals surface area contributed by atoms with Gasteiger partial charge in [-0.3, -0.25) is 9.59 Å². The molecule has 0 saturated carbocycles. The molecule has 0 aromatic heterocycles. The van der Waals surface area contributed by atoms with Crippen molar-refractivity contribution in [3.8, 4) is 17.2 Å². The van der Waals surface area contributed by atoms with E-state index >= 15 is 0 Å². The van der Waals surface area contributed by atoms with Crippen LogP contribution in [0.2, 0.25) is 0 Å². The van der Waals surface area contributed by atoms with E-state index in [0.717, 1.165) is 0 Å². The van der Waals surface area contributed by atoms with Crippen LogP contribution in [0.15, 0.2) is 42.5 Å². The summed E-state index contributed by atoms with van der Waals surface area (Å²) in [5, 5.41) is 23.7. The summed E-state index contributed by atoms with van der Waals surface area (Å²) in [5.41, 5.74) is 5.46. The lowest BCUT2D eigenvalue weighted by molar-refractivity contribution is -0.131. The van der Waals surface area contributed by atoms with Crippen molar-refractivity contribution >= 4 is 17.9 Å². The number of hydrogen-bond acceptors (Lipinski definition) is 5. The zero-order chi connectivity index (χ0) is 24.0. The Balaban J connectivity index is 1.70. The standard InChI is InChI=1S/C23H23FN4O5/c24-19-11-16(5-6-18(19)20(26)29)14-1-3-15(4-2-14)17(12-25)13-27-21(30)23(28-22(31)32)7-9-33-10-8-23/h1-6,11,17,28H,7-10,13H2,(H2,26,29)(H,27,30)(H,31,32). The third kappa shape index (κ3) is 5.45. The average molecular weight is 454 g/mol. The number of nitrogens with one attached hydrogen (secondary N) is 2. The molecule has 2 aromatic carbocycles. The zero-order valence-electron chi connectivity index (χ0n) is 17.6. The number of carbonyl (C=O) groups is 3. The maximum absolute atomic E-state index is 14.1. The molecule has 1 fully saturated rings. The highest BCUT2D eigenvalue weighted by atomic mass is 19.1. The summed E-state index contributed by atoms with van der Waals surface area (Å²) in [6.45, 7) is 0.482. The monoisotopic (exact) mass is 454 g/mol. The summed E-state index contributed by atoms with van der Waals surface area (Å²) >= 11 is 0. The highest BCUT2D eigenvalue weighted by molar-refractivity contribution is 5.93. The van der Waals surface area contributed by atoms with Crippen molar-refractivity contribution in [3.05, 3.63) is 59.4 Å². The highest BCUT2D eigenvalue weighted by Gasteiger charge is 2.41. The number of nitriles is 1. The average Bonchev–Trinajstić information content (AvgIpc) is 2.79. The molecule has 5 N–H and O–H groups in total. The summed E-state index contributed by atoms with van der Waals surface area (Å²) in [6.07, 6.45) is -0.913. The van der Waals surface area contributed by atoms with E-state index in [4.69, 9.17) is 15.6 Å². The van der Waals surface area contributed by atoms with E-state index in [9.17, 15) is 24.0 Å². The molecule has 1 atom stereocenters. The van der Waals surface area contributed by atoms with Crippen LogP contribution >= 0.6 is 0 Å². The van der Waals surface area contributed by atoms with Gasteiger partial charge < -0.3 is 26.2 Å². The topological polar surface area (TPSA) is 155 Å². The Kier molecular flexibility index (Phi) is 7.25. The van der Waals surface area contributed by atoms with Crippen molar-refractivity contribution in [2.75, 3.05) is 19.8 Å². The van der Waals surface area contributed by atoms with Crippen LogP contribution in [-0.2, 0) is 9.53 Å². The number of nitrogens with two attached hydrogens (primary N) is 1. The normalized spacial score (nSPS) is 15.6. The molecular formula is C23H23FN4O5. The van der Waals surface area contributed by atoms with Crippen LogP contribution < -0.4 is 16.4 Å². The second-order valence-electron chi connectivity index (χ2n) is 7.70. The molecule has 9 nitrogen and oxygen atoms in total. The Morgan fingerprint density at radius 1 is 1.15 bits per heavy atom. The molecule has 33 heavy (non-hydrogen) atoms. The zero-order valence-corrected chi connectivity index (χ0v) is 17.6. The summed E-state index contributed by atoms with van der Waals surface area (Å²) in [5.74, 6) is -2.76. The molecule has 1 heterocycles. The Hall–Kier alpha value is -3.97. The molecular weight excluding hydrogens is 431 g/mol. The molecule has 3 amide bonds. The first-order chi connectivity index (χ1) is 15.8. The number of nitrogens with zero attached hydrogens (tertiary/aromatic N) is 1. The number of ether oxygens (including phenoxy) is 1. The predicted molar refractivity (Wildman–Crippen MR) is 116 cm³/mol. The fraction of sp³-hybridized carbons (Fsp3) is 0.304. The van der Waals surface area contributed by atoms with E-state index < -0.39 is 35.2 Å². The van der Waals surface area contributed by atoms with Gasteiger partial charge in [0.15, 0.2) is 0 Å². The molecule has 0 aliphatic carbocycles. The minimum atomic E-state index is -1.31. The number of hydrogen-bond donors (Lipinski definition) is 4. The van der Waals surface area contributed by atoms with Gasteiger partial charge in [-0.25, -0.2) is 9.18 Å². The second-order valence-corrected chi connectivity index (χ2v) is 7.70. The fourth-order valence-electron chi connectivity index (χ4n) is 3.74. The van der Waals surface area contributed by atoms with Gasteiger partial charge in [-0.1, -0.05) is 30.3 Å². The van der Waals surface area contributed by atoms with E-state index in [2.05, 4.69) is 16.7 Å². The van der Waals surface area contributed by atoms with Gasteiger partial charge in [0.05, 0.1) is 17.6 Å². The summed E-state index contributed by atoms with van der Waals surface area (Å²) in [4.78, 5) is 35.2. The molecule has 3 rings (SSSR count). The number of amides is 3. The Morgan fingerprint density at radius 2 is 1.79 bits per heavy atom. The molecule has 172 valence electrons. The number of rotatable bonds is 7. The highest BCUT2D eigenvalue weighted by Crippen LogP contribution is 2.25. The van der Waals surface area contributed by atoms with Crippen LogP contribution in [0.1, 0.15) is 34.7 Å². The first-order valence-corrected chi connectivity index (χ1v) is 10.2. The van der Waals surface area contributed by atoms with Gasteiger partial charge in [0.25, 0.3) is 5.91 Å². The number of carbonyl (C=O) groups excluding carboxylic acids is 2. The molecule has 1 unspecified atom stereocenters. The van der Waals surface area contributed by atoms with Crippen molar-refractivity contribution < 1.29 is 28.6 Å². The van der Waals surface area contributed by atoms with Crippen LogP contribution in [0.5, 0.6) is 0 Å². The minimum absolute atomic E-state index is 0.0134. The van der Waals surface area contributed by atoms with Gasteiger partial charge in [0.2, 0.25) is 5.91 Å².